The predicted molar refractivity (Wildman–Crippen MR) is 146 cm³/mol. The molecule has 0 spiro atoms. The van der Waals surface area contributed by atoms with E-state index in [9.17, 15) is 14.4 Å². The van der Waals surface area contributed by atoms with Gasteiger partial charge >= 0.3 is 5.97 Å². The fourth-order valence-electron chi connectivity index (χ4n) is 5.70. The molecule has 0 radical (unpaired) electrons. The van der Waals surface area contributed by atoms with E-state index < -0.39 is 11.9 Å². The maximum Gasteiger partial charge on any atom is 0.306 e. The minimum atomic E-state index is -0.620. The highest BCUT2D eigenvalue weighted by molar-refractivity contribution is 6.30. The third-order valence-electron chi connectivity index (χ3n) is 7.94. The Hall–Kier alpha value is -2.84. The van der Waals surface area contributed by atoms with Gasteiger partial charge in [-0.15, -0.1) is 0 Å². The zero-order valence-electron chi connectivity index (χ0n) is 22.6. The van der Waals surface area contributed by atoms with E-state index in [1.807, 2.05) is 17.0 Å². The van der Waals surface area contributed by atoms with Gasteiger partial charge < -0.3 is 24.3 Å². The Morgan fingerprint density at radius 1 is 1.16 bits per heavy atom. The van der Waals surface area contributed by atoms with Gasteiger partial charge in [-0.25, -0.2) is 0 Å². The molecule has 1 saturated heterocycles. The lowest BCUT2D eigenvalue weighted by Gasteiger charge is -2.44. The molecule has 1 aromatic heterocycles. The molecule has 2 amide bonds. The number of nitrogens with one attached hydrogen (secondary N) is 1. The number of nitrogens with zero attached hydrogens (tertiary/aromatic N) is 2. The van der Waals surface area contributed by atoms with Crippen LogP contribution in [-0.2, 0) is 14.3 Å². The van der Waals surface area contributed by atoms with E-state index in [0.717, 1.165) is 24.8 Å². The highest BCUT2D eigenvalue weighted by Gasteiger charge is 2.43. The van der Waals surface area contributed by atoms with Gasteiger partial charge in [-0.05, 0) is 95.8 Å². The summed E-state index contributed by atoms with van der Waals surface area (Å²) in [5.74, 6) is -0.0246. The summed E-state index contributed by atoms with van der Waals surface area (Å²) in [6.07, 6.45) is 3.42. The maximum absolute atomic E-state index is 13.5. The summed E-state index contributed by atoms with van der Waals surface area (Å²) in [6.45, 7) is 7.03. The lowest BCUT2D eigenvalue weighted by molar-refractivity contribution is -0.147. The van der Waals surface area contributed by atoms with Gasteiger partial charge in [-0.3, -0.25) is 14.4 Å². The van der Waals surface area contributed by atoms with E-state index in [2.05, 4.69) is 31.1 Å². The van der Waals surface area contributed by atoms with Crippen molar-refractivity contribution in [3.8, 4) is 11.3 Å². The molecular formula is C29H38ClN3O5. The third-order valence-corrected chi connectivity index (χ3v) is 8.20. The largest absolute Gasteiger partial charge is 0.466 e. The summed E-state index contributed by atoms with van der Waals surface area (Å²) in [5.41, 5.74) is 0.808. The molecule has 1 saturated carbocycles. The van der Waals surface area contributed by atoms with Gasteiger partial charge in [0.25, 0.3) is 5.91 Å². The number of carbonyl (C=O) groups is 3. The van der Waals surface area contributed by atoms with Crippen LogP contribution in [0.2, 0.25) is 5.02 Å². The first-order chi connectivity index (χ1) is 18.2. The van der Waals surface area contributed by atoms with Crippen molar-refractivity contribution in [2.45, 2.75) is 77.0 Å². The summed E-state index contributed by atoms with van der Waals surface area (Å²) in [7, 11) is 2.12. The first-order valence-electron chi connectivity index (χ1n) is 13.5. The second-order valence-electron chi connectivity index (χ2n) is 10.6. The van der Waals surface area contributed by atoms with Crippen LogP contribution in [0, 0.1) is 5.92 Å². The number of hydrogen-bond donors (Lipinski definition) is 1. The van der Waals surface area contributed by atoms with Crippen molar-refractivity contribution in [1.29, 1.82) is 0 Å². The summed E-state index contributed by atoms with van der Waals surface area (Å²) < 4.78 is 11.0. The molecule has 8 nitrogen and oxygen atoms in total. The van der Waals surface area contributed by atoms with Gasteiger partial charge in [0.05, 0.1) is 13.0 Å². The van der Waals surface area contributed by atoms with Crippen LogP contribution in [0.3, 0.4) is 0 Å². The van der Waals surface area contributed by atoms with Gasteiger partial charge in [0, 0.05) is 35.3 Å². The number of hydrogen-bond acceptors (Lipinski definition) is 6. The number of esters is 1. The van der Waals surface area contributed by atoms with Crippen molar-refractivity contribution in [3.05, 3.63) is 47.2 Å². The Morgan fingerprint density at radius 2 is 1.89 bits per heavy atom. The molecule has 1 aromatic carbocycles. The highest BCUT2D eigenvalue weighted by atomic mass is 35.5. The standard InChI is InChI=1S/C29H38ClN3O5/c1-5-37-27(34)17-20-16-22(32(4)18(2)3)10-11-24(20)33-15-14-23(29(33)36)31-28(35)26-13-12-25(38-26)19-6-8-21(30)9-7-19/h6-9,12-13,18,20,22-24H,5,10-11,14-17H2,1-4H3,(H,31,35)/t20-,22-,23-,24+/m1/s1. The molecular weight excluding hydrogens is 506 g/mol. The third kappa shape index (κ3) is 6.41. The molecule has 38 heavy (non-hydrogen) atoms. The molecule has 1 N–H and O–H groups in total. The Labute approximate surface area is 229 Å². The van der Waals surface area contributed by atoms with Crippen molar-refractivity contribution >= 4 is 29.4 Å². The summed E-state index contributed by atoms with van der Waals surface area (Å²) in [6, 6.07) is 10.6. The van der Waals surface area contributed by atoms with Gasteiger partial charge in [0.15, 0.2) is 5.76 Å². The van der Waals surface area contributed by atoms with Crippen LogP contribution in [0.4, 0.5) is 0 Å². The molecule has 0 bridgehead atoms. The van der Waals surface area contributed by atoms with Gasteiger partial charge in [0.2, 0.25) is 5.91 Å². The van der Waals surface area contributed by atoms with E-state index in [0.29, 0.717) is 48.9 Å². The van der Waals surface area contributed by atoms with Crippen molar-refractivity contribution in [1.82, 2.24) is 15.1 Å². The molecule has 1 aliphatic heterocycles. The average molecular weight is 544 g/mol. The number of rotatable bonds is 9. The zero-order chi connectivity index (χ0) is 27.4. The Balaban J connectivity index is 1.41. The fraction of sp³-hybridized carbons (Fsp3) is 0.552. The average Bonchev–Trinajstić information content (AvgIpc) is 3.52. The molecule has 2 heterocycles. The molecule has 2 aromatic rings. The quantitative estimate of drug-likeness (QED) is 0.458. The molecule has 9 heteroatoms. The molecule has 4 atom stereocenters. The second kappa shape index (κ2) is 12.3. The molecule has 2 fully saturated rings. The lowest BCUT2D eigenvalue weighted by atomic mass is 9.78. The molecule has 206 valence electrons. The number of amides is 2. The lowest BCUT2D eigenvalue weighted by Crippen LogP contribution is -2.52. The Morgan fingerprint density at radius 3 is 2.58 bits per heavy atom. The van der Waals surface area contributed by atoms with Crippen molar-refractivity contribution in [2.24, 2.45) is 5.92 Å². The topological polar surface area (TPSA) is 92.1 Å². The van der Waals surface area contributed by atoms with Crippen LogP contribution in [-0.4, -0.2) is 72.0 Å². The fourth-order valence-corrected chi connectivity index (χ4v) is 5.83. The van der Waals surface area contributed by atoms with Crippen LogP contribution >= 0.6 is 11.6 Å². The van der Waals surface area contributed by atoms with Crippen LogP contribution in [0.1, 0.15) is 63.4 Å². The number of likely N-dealkylation sites (tertiary alicyclic amines) is 1. The predicted octanol–water partition coefficient (Wildman–Crippen LogP) is 4.76. The Bertz CT molecular complexity index is 1130. The number of halogens is 1. The molecule has 4 rings (SSSR count). The normalized spacial score (nSPS) is 23.8. The zero-order valence-corrected chi connectivity index (χ0v) is 23.4. The van der Waals surface area contributed by atoms with Crippen molar-refractivity contribution in [2.75, 3.05) is 20.2 Å². The minimum absolute atomic E-state index is 0.0133. The Kier molecular flexibility index (Phi) is 9.15. The number of benzene rings is 1. The van der Waals surface area contributed by atoms with Crippen molar-refractivity contribution < 1.29 is 23.5 Å². The SMILES string of the molecule is CCOC(=O)C[C@H]1C[C@H](N(C)C(C)C)CC[C@@H]1N1CC[C@@H](NC(=O)c2ccc(-c3ccc(Cl)cc3)o2)C1=O. The first-order valence-corrected chi connectivity index (χ1v) is 13.9. The van der Waals surface area contributed by atoms with Crippen LogP contribution in [0.25, 0.3) is 11.3 Å². The second-order valence-corrected chi connectivity index (χ2v) is 11.0. The van der Waals surface area contributed by atoms with Gasteiger partial charge in [0.1, 0.15) is 11.8 Å². The minimum Gasteiger partial charge on any atom is -0.466 e. The van der Waals surface area contributed by atoms with E-state index in [4.69, 9.17) is 20.8 Å². The van der Waals surface area contributed by atoms with E-state index in [1.54, 1.807) is 31.2 Å². The summed E-state index contributed by atoms with van der Waals surface area (Å²) >= 11 is 5.96. The molecule has 2 aliphatic rings. The monoisotopic (exact) mass is 543 g/mol. The maximum atomic E-state index is 13.5. The molecule has 1 aliphatic carbocycles. The van der Waals surface area contributed by atoms with Gasteiger partial charge in [-0.1, -0.05) is 11.6 Å². The summed E-state index contributed by atoms with van der Waals surface area (Å²) in [4.78, 5) is 43.0. The number of carbonyl (C=O) groups excluding carboxylic acids is 3. The smallest absolute Gasteiger partial charge is 0.306 e. The van der Waals surface area contributed by atoms with Crippen LogP contribution in [0.15, 0.2) is 40.8 Å². The first kappa shape index (κ1) is 28.2. The number of furan rings is 1. The van der Waals surface area contributed by atoms with Crippen molar-refractivity contribution in [3.63, 3.8) is 0 Å². The number of ether oxygens (including phenoxy) is 1. The van der Waals surface area contributed by atoms with E-state index in [-0.39, 0.29) is 29.6 Å². The van der Waals surface area contributed by atoms with Gasteiger partial charge in [-0.2, -0.15) is 0 Å². The van der Waals surface area contributed by atoms with Crippen LogP contribution in [0.5, 0.6) is 0 Å². The van der Waals surface area contributed by atoms with E-state index in [1.165, 1.54) is 0 Å². The van der Waals surface area contributed by atoms with Crippen LogP contribution < -0.4 is 5.32 Å². The summed E-state index contributed by atoms with van der Waals surface area (Å²) in [5, 5.41) is 3.48. The van der Waals surface area contributed by atoms with E-state index >= 15 is 0 Å². The molecule has 0 unspecified atom stereocenters. The highest BCUT2D eigenvalue weighted by Crippen LogP contribution is 2.36.